The maximum Gasteiger partial charge on any atom is 0.254 e. The van der Waals surface area contributed by atoms with Crippen LogP contribution in [0.4, 0.5) is 5.69 Å². The number of carbonyl (C=O) groups excluding carboxylic acids is 1. The number of carbonyl (C=O) groups is 1. The second-order valence-electron chi connectivity index (χ2n) is 4.10. The molecule has 1 unspecified atom stereocenters. The summed E-state index contributed by atoms with van der Waals surface area (Å²) in [5.74, 6) is -0.107. The molecule has 0 aromatic heterocycles. The van der Waals surface area contributed by atoms with Gasteiger partial charge in [0.25, 0.3) is 5.91 Å². The summed E-state index contributed by atoms with van der Waals surface area (Å²) < 4.78 is 0.723. The van der Waals surface area contributed by atoms with Gasteiger partial charge in [-0.25, -0.2) is 0 Å². The minimum absolute atomic E-state index is 0.107. The number of nitrogens with zero attached hydrogens (tertiary/aromatic N) is 1. The summed E-state index contributed by atoms with van der Waals surface area (Å²) in [7, 11) is 1.71. The average Bonchev–Trinajstić information content (AvgIpc) is 2.28. The Morgan fingerprint density at radius 3 is 2.82 bits per heavy atom. The molecular weight excluding hydrogens is 284 g/mol. The van der Waals surface area contributed by atoms with Crippen molar-refractivity contribution >= 4 is 27.5 Å². The molecule has 0 saturated carbocycles. The number of halogens is 1. The second-order valence-corrected chi connectivity index (χ2v) is 4.96. The molecule has 5 heteroatoms. The number of benzene rings is 1. The summed E-state index contributed by atoms with van der Waals surface area (Å²) in [6, 6.07) is 5.13. The van der Waals surface area contributed by atoms with Crippen LogP contribution in [-0.4, -0.2) is 35.6 Å². The molecule has 0 saturated heterocycles. The van der Waals surface area contributed by atoms with Gasteiger partial charge in [0.2, 0.25) is 0 Å². The third-order valence-corrected chi connectivity index (χ3v) is 3.14. The molecule has 0 heterocycles. The van der Waals surface area contributed by atoms with E-state index in [0.717, 1.165) is 4.47 Å². The number of rotatable bonds is 4. The van der Waals surface area contributed by atoms with Gasteiger partial charge in [-0.2, -0.15) is 0 Å². The highest BCUT2D eigenvalue weighted by Gasteiger charge is 2.15. The zero-order chi connectivity index (χ0) is 13.0. The molecule has 1 amide bonds. The van der Waals surface area contributed by atoms with E-state index in [4.69, 9.17) is 5.73 Å². The predicted molar refractivity (Wildman–Crippen MR) is 71.8 cm³/mol. The van der Waals surface area contributed by atoms with E-state index in [1.54, 1.807) is 37.1 Å². The second kappa shape index (κ2) is 6.02. The number of amides is 1. The van der Waals surface area contributed by atoms with Crippen LogP contribution in [0.15, 0.2) is 22.7 Å². The lowest BCUT2D eigenvalue weighted by Gasteiger charge is -2.19. The third-order valence-electron chi connectivity index (χ3n) is 2.45. The Morgan fingerprint density at radius 2 is 2.24 bits per heavy atom. The molecule has 1 atom stereocenters. The summed E-state index contributed by atoms with van der Waals surface area (Å²) in [6.45, 7) is 2.21. The van der Waals surface area contributed by atoms with Gasteiger partial charge in [0.1, 0.15) is 0 Å². The molecule has 1 rings (SSSR count). The van der Waals surface area contributed by atoms with Crippen molar-refractivity contribution in [2.45, 2.75) is 19.4 Å². The van der Waals surface area contributed by atoms with E-state index < -0.39 is 6.10 Å². The summed E-state index contributed by atoms with van der Waals surface area (Å²) in [5, 5.41) is 9.19. The molecule has 0 spiro atoms. The maximum atomic E-state index is 12.1. The van der Waals surface area contributed by atoms with Crippen molar-refractivity contribution in [1.82, 2.24) is 4.90 Å². The monoisotopic (exact) mass is 300 g/mol. The van der Waals surface area contributed by atoms with Gasteiger partial charge in [-0.15, -0.1) is 0 Å². The fourth-order valence-electron chi connectivity index (χ4n) is 1.39. The Morgan fingerprint density at radius 1 is 1.59 bits per heavy atom. The van der Waals surface area contributed by atoms with E-state index in [-0.39, 0.29) is 5.91 Å². The fraction of sp³-hybridized carbons (Fsp3) is 0.417. The van der Waals surface area contributed by atoms with Crippen molar-refractivity contribution in [2.75, 3.05) is 19.3 Å². The number of hydrogen-bond donors (Lipinski definition) is 2. The van der Waals surface area contributed by atoms with Crippen LogP contribution in [0.1, 0.15) is 23.7 Å². The highest BCUT2D eigenvalue weighted by atomic mass is 79.9. The van der Waals surface area contributed by atoms with E-state index in [2.05, 4.69) is 15.9 Å². The largest absolute Gasteiger partial charge is 0.399 e. The Labute approximate surface area is 110 Å². The SMILES string of the molecule is CC(O)CCN(C)C(=O)c1cc(N)ccc1Br. The van der Waals surface area contributed by atoms with Gasteiger partial charge in [-0.3, -0.25) is 4.79 Å². The molecule has 1 aromatic rings. The van der Waals surface area contributed by atoms with Crippen molar-refractivity contribution in [3.8, 4) is 0 Å². The quantitative estimate of drug-likeness (QED) is 0.834. The van der Waals surface area contributed by atoms with Gasteiger partial charge in [0.15, 0.2) is 0 Å². The lowest BCUT2D eigenvalue weighted by Crippen LogP contribution is -2.29. The molecule has 94 valence electrons. The minimum atomic E-state index is -0.408. The van der Waals surface area contributed by atoms with Gasteiger partial charge in [-0.1, -0.05) is 0 Å². The molecule has 4 nitrogen and oxygen atoms in total. The number of aliphatic hydroxyl groups excluding tert-OH is 1. The van der Waals surface area contributed by atoms with E-state index in [1.807, 2.05) is 0 Å². The van der Waals surface area contributed by atoms with Crippen molar-refractivity contribution in [3.05, 3.63) is 28.2 Å². The average molecular weight is 301 g/mol. The van der Waals surface area contributed by atoms with E-state index >= 15 is 0 Å². The first-order valence-electron chi connectivity index (χ1n) is 5.40. The zero-order valence-electron chi connectivity index (χ0n) is 9.98. The van der Waals surface area contributed by atoms with E-state index in [1.165, 1.54) is 0 Å². The van der Waals surface area contributed by atoms with Gasteiger partial charge in [-0.05, 0) is 47.5 Å². The van der Waals surface area contributed by atoms with Crippen LogP contribution >= 0.6 is 15.9 Å². The first-order chi connectivity index (χ1) is 7.91. The summed E-state index contributed by atoms with van der Waals surface area (Å²) in [5.41, 5.74) is 6.75. The van der Waals surface area contributed by atoms with Gasteiger partial charge < -0.3 is 15.7 Å². The maximum absolute atomic E-state index is 12.1. The Hall–Kier alpha value is -1.07. The Kier molecular flexibility index (Phi) is 4.96. The molecule has 0 aliphatic heterocycles. The van der Waals surface area contributed by atoms with Crippen molar-refractivity contribution < 1.29 is 9.90 Å². The standard InChI is InChI=1S/C12H17BrN2O2/c1-8(16)5-6-15(2)12(17)10-7-9(14)3-4-11(10)13/h3-4,7-8,16H,5-6,14H2,1-2H3. The Balaban J connectivity index is 2.78. The van der Waals surface area contributed by atoms with Gasteiger partial charge in [0.05, 0.1) is 11.7 Å². The lowest BCUT2D eigenvalue weighted by molar-refractivity contribution is 0.0768. The zero-order valence-corrected chi connectivity index (χ0v) is 11.6. The number of nitrogens with two attached hydrogens (primary N) is 1. The van der Waals surface area contributed by atoms with Gasteiger partial charge in [0, 0.05) is 23.8 Å². The number of hydrogen-bond acceptors (Lipinski definition) is 3. The van der Waals surface area contributed by atoms with Crippen LogP contribution in [-0.2, 0) is 0 Å². The number of anilines is 1. The van der Waals surface area contributed by atoms with Crippen LogP contribution in [0.5, 0.6) is 0 Å². The van der Waals surface area contributed by atoms with Crippen LogP contribution < -0.4 is 5.73 Å². The van der Waals surface area contributed by atoms with Gasteiger partial charge >= 0.3 is 0 Å². The lowest BCUT2D eigenvalue weighted by atomic mass is 10.1. The van der Waals surface area contributed by atoms with E-state index in [0.29, 0.717) is 24.2 Å². The molecule has 0 aliphatic rings. The number of nitrogen functional groups attached to an aromatic ring is 1. The van der Waals surface area contributed by atoms with Crippen LogP contribution in [0.2, 0.25) is 0 Å². The molecule has 0 fully saturated rings. The molecule has 0 bridgehead atoms. The summed E-state index contributed by atoms with van der Waals surface area (Å²) in [4.78, 5) is 13.7. The third kappa shape index (κ3) is 4.02. The highest BCUT2D eigenvalue weighted by Crippen LogP contribution is 2.21. The summed E-state index contributed by atoms with van der Waals surface area (Å²) in [6.07, 6.45) is 0.150. The molecular formula is C12H17BrN2O2. The van der Waals surface area contributed by atoms with Crippen molar-refractivity contribution in [3.63, 3.8) is 0 Å². The Bertz CT molecular complexity index is 407. The number of aliphatic hydroxyl groups is 1. The highest BCUT2D eigenvalue weighted by molar-refractivity contribution is 9.10. The fourth-order valence-corrected chi connectivity index (χ4v) is 1.81. The van der Waals surface area contributed by atoms with Crippen molar-refractivity contribution in [2.24, 2.45) is 0 Å². The molecule has 0 radical (unpaired) electrons. The van der Waals surface area contributed by atoms with E-state index in [9.17, 15) is 9.90 Å². The van der Waals surface area contributed by atoms with Crippen LogP contribution in [0, 0.1) is 0 Å². The van der Waals surface area contributed by atoms with Crippen molar-refractivity contribution in [1.29, 1.82) is 0 Å². The first-order valence-corrected chi connectivity index (χ1v) is 6.19. The smallest absolute Gasteiger partial charge is 0.254 e. The first kappa shape index (κ1) is 14.0. The molecule has 0 aliphatic carbocycles. The topological polar surface area (TPSA) is 66.6 Å². The molecule has 1 aromatic carbocycles. The summed E-state index contributed by atoms with van der Waals surface area (Å²) >= 11 is 3.33. The normalized spacial score (nSPS) is 12.2. The predicted octanol–water partition coefficient (Wildman–Crippen LogP) is 1.87. The van der Waals surface area contributed by atoms with Crippen LogP contribution in [0.25, 0.3) is 0 Å². The molecule has 3 N–H and O–H groups in total. The minimum Gasteiger partial charge on any atom is -0.399 e. The molecule has 17 heavy (non-hydrogen) atoms. The van der Waals surface area contributed by atoms with Crippen LogP contribution in [0.3, 0.4) is 0 Å².